The molecule has 0 radical (unpaired) electrons. The summed E-state index contributed by atoms with van der Waals surface area (Å²) in [4.78, 5) is 12.2. The molecule has 23 heavy (non-hydrogen) atoms. The molecule has 1 aromatic carbocycles. The van der Waals surface area contributed by atoms with Gasteiger partial charge in [-0.15, -0.1) is 5.10 Å². The molecule has 1 heterocycles. The number of anilines is 1. The van der Waals surface area contributed by atoms with Gasteiger partial charge in [-0.25, -0.2) is 4.68 Å². The van der Waals surface area contributed by atoms with Gasteiger partial charge in [0, 0.05) is 29.3 Å². The molecule has 0 aliphatic rings. The molecule has 0 spiro atoms. The molecule has 0 atom stereocenters. The Hall–Kier alpha value is -2.64. The Morgan fingerprint density at radius 1 is 1.17 bits per heavy atom. The molecule has 1 amide bonds. The molecule has 8 heteroatoms. The van der Waals surface area contributed by atoms with Crippen LogP contribution in [0.5, 0.6) is 11.5 Å². The van der Waals surface area contributed by atoms with Crippen LogP contribution in [0.4, 0.5) is 5.69 Å². The van der Waals surface area contributed by atoms with E-state index in [0.717, 1.165) is 0 Å². The number of amides is 1. The van der Waals surface area contributed by atoms with Gasteiger partial charge in [0.05, 0.1) is 14.2 Å². The van der Waals surface area contributed by atoms with Crippen LogP contribution in [-0.4, -0.2) is 40.3 Å². The van der Waals surface area contributed by atoms with Crippen LogP contribution in [0, 0.1) is 0 Å². The van der Waals surface area contributed by atoms with Crippen molar-refractivity contribution in [1.82, 2.24) is 20.2 Å². The lowest BCUT2D eigenvalue weighted by atomic mass is 9.96. The fraction of sp³-hybridized carbons (Fsp3) is 0.467. The summed E-state index contributed by atoms with van der Waals surface area (Å²) in [5.41, 5.74) is 0.333. The quantitative estimate of drug-likeness (QED) is 0.900. The van der Waals surface area contributed by atoms with Crippen molar-refractivity contribution in [3.05, 3.63) is 24.0 Å². The SMILES string of the molecule is COc1cc(NC(=O)Cn2nnnc2C(C)(C)C)cc(OC)c1. The molecule has 0 fully saturated rings. The molecule has 1 N–H and O–H groups in total. The lowest BCUT2D eigenvalue weighted by Gasteiger charge is -2.17. The molecule has 8 nitrogen and oxygen atoms in total. The van der Waals surface area contributed by atoms with E-state index in [1.165, 1.54) is 4.68 Å². The fourth-order valence-corrected chi connectivity index (χ4v) is 2.06. The summed E-state index contributed by atoms with van der Waals surface area (Å²) in [6.45, 7) is 5.99. The Morgan fingerprint density at radius 3 is 2.30 bits per heavy atom. The first-order chi connectivity index (χ1) is 10.8. The number of carbonyl (C=O) groups excluding carboxylic acids is 1. The summed E-state index contributed by atoms with van der Waals surface area (Å²) >= 11 is 0. The second-order valence-electron chi connectivity index (χ2n) is 6.06. The van der Waals surface area contributed by atoms with Gasteiger partial charge in [0.2, 0.25) is 5.91 Å². The van der Waals surface area contributed by atoms with E-state index in [-0.39, 0.29) is 17.9 Å². The number of nitrogens with one attached hydrogen (secondary N) is 1. The van der Waals surface area contributed by atoms with E-state index >= 15 is 0 Å². The highest BCUT2D eigenvalue weighted by Gasteiger charge is 2.23. The number of methoxy groups -OCH3 is 2. The van der Waals surface area contributed by atoms with Crippen LogP contribution in [0.25, 0.3) is 0 Å². The van der Waals surface area contributed by atoms with E-state index in [1.54, 1.807) is 32.4 Å². The Kier molecular flexibility index (Phi) is 4.83. The smallest absolute Gasteiger partial charge is 0.246 e. The number of aromatic nitrogens is 4. The first kappa shape index (κ1) is 16.7. The van der Waals surface area contributed by atoms with Crippen LogP contribution >= 0.6 is 0 Å². The summed E-state index contributed by atoms with van der Waals surface area (Å²) in [6, 6.07) is 5.16. The summed E-state index contributed by atoms with van der Waals surface area (Å²) in [6.07, 6.45) is 0. The van der Waals surface area contributed by atoms with Gasteiger partial charge >= 0.3 is 0 Å². The summed E-state index contributed by atoms with van der Waals surface area (Å²) in [7, 11) is 3.11. The van der Waals surface area contributed by atoms with Gasteiger partial charge in [0.15, 0.2) is 5.82 Å². The van der Waals surface area contributed by atoms with Gasteiger partial charge < -0.3 is 14.8 Å². The lowest BCUT2D eigenvalue weighted by Crippen LogP contribution is -2.25. The van der Waals surface area contributed by atoms with Crippen LogP contribution in [0.2, 0.25) is 0 Å². The van der Waals surface area contributed by atoms with Crippen molar-refractivity contribution in [2.24, 2.45) is 0 Å². The Bertz CT molecular complexity index is 668. The topological polar surface area (TPSA) is 91.2 Å². The van der Waals surface area contributed by atoms with Crippen molar-refractivity contribution >= 4 is 11.6 Å². The second-order valence-corrected chi connectivity index (χ2v) is 6.06. The number of rotatable bonds is 5. The van der Waals surface area contributed by atoms with Gasteiger partial charge in [-0.1, -0.05) is 20.8 Å². The molecule has 2 rings (SSSR count). The molecule has 0 saturated carbocycles. The van der Waals surface area contributed by atoms with Crippen molar-refractivity contribution in [2.45, 2.75) is 32.7 Å². The summed E-state index contributed by atoms with van der Waals surface area (Å²) in [5, 5.41) is 14.3. The average molecular weight is 319 g/mol. The first-order valence-corrected chi connectivity index (χ1v) is 7.13. The van der Waals surface area contributed by atoms with Crippen LogP contribution in [0.15, 0.2) is 18.2 Å². The van der Waals surface area contributed by atoms with Gasteiger partial charge in [-0.05, 0) is 10.4 Å². The Morgan fingerprint density at radius 2 is 1.78 bits per heavy atom. The highest BCUT2D eigenvalue weighted by Crippen LogP contribution is 2.26. The Balaban J connectivity index is 2.13. The fourth-order valence-electron chi connectivity index (χ4n) is 2.06. The van der Waals surface area contributed by atoms with Gasteiger partial charge in [-0.3, -0.25) is 4.79 Å². The summed E-state index contributed by atoms with van der Waals surface area (Å²) in [5.74, 6) is 1.60. The standard InChI is InChI=1S/C15H21N5O3/c1-15(2,3)14-17-18-19-20(14)9-13(21)16-10-6-11(22-4)8-12(7-10)23-5/h6-8H,9H2,1-5H3,(H,16,21). The zero-order valence-electron chi connectivity index (χ0n) is 14.0. The molecule has 1 aromatic heterocycles. The van der Waals surface area contributed by atoms with Gasteiger partial charge in [0.25, 0.3) is 0 Å². The minimum absolute atomic E-state index is 0.0269. The molecule has 0 saturated heterocycles. The van der Waals surface area contributed by atoms with Crippen molar-refractivity contribution in [2.75, 3.05) is 19.5 Å². The second kappa shape index (κ2) is 6.64. The number of hydrogen-bond donors (Lipinski definition) is 1. The monoisotopic (exact) mass is 319 g/mol. The number of carbonyl (C=O) groups is 1. The molecular weight excluding hydrogens is 298 g/mol. The van der Waals surface area contributed by atoms with Crippen molar-refractivity contribution in [3.8, 4) is 11.5 Å². The largest absolute Gasteiger partial charge is 0.497 e. The van der Waals surface area contributed by atoms with Crippen LogP contribution in [-0.2, 0) is 16.8 Å². The molecule has 0 aliphatic heterocycles. The minimum atomic E-state index is -0.247. The zero-order chi connectivity index (χ0) is 17.0. The maximum atomic E-state index is 12.2. The number of tetrazole rings is 1. The predicted molar refractivity (Wildman–Crippen MR) is 84.7 cm³/mol. The van der Waals surface area contributed by atoms with Gasteiger partial charge in [0.1, 0.15) is 18.0 Å². The number of hydrogen-bond acceptors (Lipinski definition) is 6. The Labute approximate surface area is 134 Å². The lowest BCUT2D eigenvalue weighted by molar-refractivity contribution is -0.117. The molecule has 0 bridgehead atoms. The molecule has 2 aromatic rings. The van der Waals surface area contributed by atoms with Crippen molar-refractivity contribution < 1.29 is 14.3 Å². The predicted octanol–water partition coefficient (Wildman–Crippen LogP) is 1.63. The number of ether oxygens (including phenoxy) is 2. The number of nitrogens with zero attached hydrogens (tertiary/aromatic N) is 4. The minimum Gasteiger partial charge on any atom is -0.497 e. The molecular formula is C15H21N5O3. The van der Waals surface area contributed by atoms with Crippen molar-refractivity contribution in [3.63, 3.8) is 0 Å². The third-order valence-electron chi connectivity index (χ3n) is 3.13. The zero-order valence-corrected chi connectivity index (χ0v) is 14.0. The maximum Gasteiger partial charge on any atom is 0.246 e. The van der Waals surface area contributed by atoms with Crippen LogP contribution in [0.3, 0.4) is 0 Å². The highest BCUT2D eigenvalue weighted by molar-refractivity contribution is 5.91. The summed E-state index contributed by atoms with van der Waals surface area (Å²) < 4.78 is 11.9. The van der Waals surface area contributed by atoms with E-state index in [4.69, 9.17) is 9.47 Å². The van der Waals surface area contributed by atoms with Crippen LogP contribution in [0.1, 0.15) is 26.6 Å². The molecule has 0 aliphatic carbocycles. The maximum absolute atomic E-state index is 12.2. The van der Waals surface area contributed by atoms with E-state index < -0.39 is 0 Å². The normalized spacial score (nSPS) is 11.2. The first-order valence-electron chi connectivity index (χ1n) is 7.13. The van der Waals surface area contributed by atoms with E-state index in [9.17, 15) is 4.79 Å². The van der Waals surface area contributed by atoms with Crippen molar-refractivity contribution in [1.29, 1.82) is 0 Å². The van der Waals surface area contributed by atoms with E-state index in [1.807, 2.05) is 20.8 Å². The molecule has 124 valence electrons. The third-order valence-corrected chi connectivity index (χ3v) is 3.13. The molecule has 0 unspecified atom stereocenters. The highest BCUT2D eigenvalue weighted by atomic mass is 16.5. The average Bonchev–Trinajstić information content (AvgIpc) is 2.94. The third kappa shape index (κ3) is 4.18. The van der Waals surface area contributed by atoms with E-state index in [0.29, 0.717) is 23.0 Å². The number of benzene rings is 1. The van der Waals surface area contributed by atoms with Crippen LogP contribution < -0.4 is 14.8 Å². The van der Waals surface area contributed by atoms with E-state index in [2.05, 4.69) is 20.8 Å². The van der Waals surface area contributed by atoms with Gasteiger partial charge in [-0.2, -0.15) is 0 Å².